The van der Waals surface area contributed by atoms with Crippen LogP contribution in [0.25, 0.3) is 11.5 Å². The number of likely N-dealkylation sites (tertiary alicyclic amines) is 1. The molecule has 0 amide bonds. The normalized spacial score (nSPS) is 23.9. The van der Waals surface area contributed by atoms with Crippen LogP contribution in [0.15, 0.2) is 22.9 Å². The highest BCUT2D eigenvalue weighted by atomic mass is 16.5. The van der Waals surface area contributed by atoms with E-state index in [1.54, 1.807) is 6.20 Å². The highest BCUT2D eigenvalue weighted by Gasteiger charge is 2.37. The summed E-state index contributed by atoms with van der Waals surface area (Å²) < 4.78 is 5.50. The summed E-state index contributed by atoms with van der Waals surface area (Å²) in [6, 6.07) is 3.66. The predicted molar refractivity (Wildman–Crippen MR) is 74.0 cm³/mol. The molecule has 6 nitrogen and oxygen atoms in total. The van der Waals surface area contributed by atoms with Crippen LogP contribution >= 0.6 is 0 Å². The first-order valence-corrected chi connectivity index (χ1v) is 7.06. The molecule has 2 aromatic heterocycles. The minimum absolute atomic E-state index is 0.0677. The Kier molecular flexibility index (Phi) is 3.48. The maximum absolute atomic E-state index is 5.50. The average molecular weight is 273 g/mol. The molecule has 1 saturated heterocycles. The number of hydrogen-bond donors (Lipinski definition) is 0. The van der Waals surface area contributed by atoms with Gasteiger partial charge in [-0.25, -0.2) is 0 Å². The molecule has 0 saturated carbocycles. The third-order valence-electron chi connectivity index (χ3n) is 3.97. The monoisotopic (exact) mass is 273 g/mol. The Morgan fingerprint density at radius 1 is 1.45 bits per heavy atom. The topological polar surface area (TPSA) is 67.9 Å². The Morgan fingerprint density at radius 3 is 3.10 bits per heavy atom. The molecular formula is C14H19N5O. The fourth-order valence-electron chi connectivity index (χ4n) is 2.78. The standard InChI is InChI=1S/C14H19N5O/c1-3-19-9-5-7-14(2,10-19)13-16-12(18-20-13)11-6-4-8-15-17-11/h4,6,8H,3,5,7,9-10H2,1-2H3. The van der Waals surface area contributed by atoms with Gasteiger partial charge in [-0.15, -0.1) is 5.10 Å². The van der Waals surface area contributed by atoms with E-state index < -0.39 is 0 Å². The minimum Gasteiger partial charge on any atom is -0.338 e. The molecule has 2 aromatic rings. The van der Waals surface area contributed by atoms with Crippen LogP contribution in [0.1, 0.15) is 32.6 Å². The number of rotatable bonds is 3. The molecule has 0 aromatic carbocycles. The molecule has 1 fully saturated rings. The molecule has 0 spiro atoms. The zero-order valence-corrected chi connectivity index (χ0v) is 11.9. The zero-order chi connectivity index (χ0) is 14.0. The fourth-order valence-corrected chi connectivity index (χ4v) is 2.78. The summed E-state index contributed by atoms with van der Waals surface area (Å²) in [7, 11) is 0. The van der Waals surface area contributed by atoms with Crippen LogP contribution in [0.2, 0.25) is 0 Å². The van der Waals surface area contributed by atoms with E-state index in [0.717, 1.165) is 32.5 Å². The van der Waals surface area contributed by atoms with E-state index in [1.165, 1.54) is 0 Å². The summed E-state index contributed by atoms with van der Waals surface area (Å²) in [5.74, 6) is 1.22. The van der Waals surface area contributed by atoms with E-state index in [0.29, 0.717) is 17.4 Å². The molecule has 106 valence electrons. The first-order valence-electron chi connectivity index (χ1n) is 7.06. The molecule has 0 aliphatic carbocycles. The van der Waals surface area contributed by atoms with E-state index in [2.05, 4.69) is 39.1 Å². The van der Waals surface area contributed by atoms with Gasteiger partial charge in [0.05, 0.1) is 5.41 Å². The van der Waals surface area contributed by atoms with Crippen molar-refractivity contribution in [1.29, 1.82) is 0 Å². The molecule has 20 heavy (non-hydrogen) atoms. The zero-order valence-electron chi connectivity index (χ0n) is 11.9. The second kappa shape index (κ2) is 5.28. The van der Waals surface area contributed by atoms with Gasteiger partial charge in [-0.05, 0) is 45.0 Å². The molecule has 3 rings (SSSR count). The second-order valence-corrected chi connectivity index (χ2v) is 5.57. The first kappa shape index (κ1) is 13.2. The van der Waals surface area contributed by atoms with E-state index >= 15 is 0 Å². The van der Waals surface area contributed by atoms with Gasteiger partial charge in [0, 0.05) is 12.7 Å². The van der Waals surface area contributed by atoms with Gasteiger partial charge in [-0.2, -0.15) is 10.1 Å². The molecule has 1 atom stereocenters. The molecule has 0 radical (unpaired) electrons. The van der Waals surface area contributed by atoms with Gasteiger partial charge in [0.1, 0.15) is 5.69 Å². The minimum atomic E-state index is -0.0677. The molecule has 1 unspecified atom stereocenters. The molecule has 0 N–H and O–H groups in total. The van der Waals surface area contributed by atoms with Crippen molar-refractivity contribution in [1.82, 2.24) is 25.2 Å². The smallest absolute Gasteiger partial charge is 0.234 e. The van der Waals surface area contributed by atoms with E-state index in [1.807, 2.05) is 12.1 Å². The lowest BCUT2D eigenvalue weighted by Crippen LogP contribution is -2.44. The van der Waals surface area contributed by atoms with Gasteiger partial charge in [0.25, 0.3) is 0 Å². The van der Waals surface area contributed by atoms with E-state index in [4.69, 9.17) is 4.52 Å². The number of piperidine rings is 1. The Balaban J connectivity index is 1.86. The molecule has 1 aliphatic heterocycles. The average Bonchev–Trinajstić information content (AvgIpc) is 2.99. The third kappa shape index (κ3) is 2.43. The largest absolute Gasteiger partial charge is 0.338 e. The second-order valence-electron chi connectivity index (χ2n) is 5.57. The Labute approximate surface area is 118 Å². The van der Waals surface area contributed by atoms with Gasteiger partial charge < -0.3 is 9.42 Å². The molecule has 3 heterocycles. The van der Waals surface area contributed by atoms with Crippen LogP contribution in [-0.4, -0.2) is 44.9 Å². The van der Waals surface area contributed by atoms with Crippen molar-refractivity contribution in [3.63, 3.8) is 0 Å². The van der Waals surface area contributed by atoms with Crippen molar-refractivity contribution >= 4 is 0 Å². The number of nitrogens with zero attached hydrogens (tertiary/aromatic N) is 5. The van der Waals surface area contributed by atoms with Crippen molar-refractivity contribution in [3.8, 4) is 11.5 Å². The van der Waals surface area contributed by atoms with Crippen LogP contribution in [0.5, 0.6) is 0 Å². The SMILES string of the molecule is CCN1CCCC(C)(c2nc(-c3cccnn3)no2)C1. The van der Waals surface area contributed by atoms with Gasteiger partial charge >= 0.3 is 0 Å². The molecular weight excluding hydrogens is 254 g/mol. The summed E-state index contributed by atoms with van der Waals surface area (Å²) in [5.41, 5.74) is 0.580. The summed E-state index contributed by atoms with van der Waals surface area (Å²) in [6.45, 7) is 7.55. The maximum atomic E-state index is 5.50. The Morgan fingerprint density at radius 2 is 2.35 bits per heavy atom. The van der Waals surface area contributed by atoms with Crippen molar-refractivity contribution in [2.75, 3.05) is 19.6 Å². The van der Waals surface area contributed by atoms with E-state index in [9.17, 15) is 0 Å². The summed E-state index contributed by atoms with van der Waals surface area (Å²) in [4.78, 5) is 6.96. The van der Waals surface area contributed by atoms with Crippen molar-refractivity contribution in [2.45, 2.75) is 32.1 Å². The first-order chi connectivity index (χ1) is 9.71. The number of likely N-dealkylation sites (N-methyl/N-ethyl adjacent to an activating group) is 1. The van der Waals surface area contributed by atoms with Gasteiger partial charge in [-0.1, -0.05) is 12.1 Å². The highest BCUT2D eigenvalue weighted by Crippen LogP contribution is 2.33. The van der Waals surface area contributed by atoms with Crippen LogP contribution < -0.4 is 0 Å². The molecule has 6 heteroatoms. The van der Waals surface area contributed by atoms with Crippen molar-refractivity contribution < 1.29 is 4.52 Å². The third-order valence-corrected chi connectivity index (χ3v) is 3.97. The highest BCUT2D eigenvalue weighted by molar-refractivity contribution is 5.46. The number of aromatic nitrogens is 4. The van der Waals surface area contributed by atoms with Crippen LogP contribution in [0.4, 0.5) is 0 Å². The van der Waals surface area contributed by atoms with Crippen LogP contribution in [0.3, 0.4) is 0 Å². The van der Waals surface area contributed by atoms with E-state index in [-0.39, 0.29) is 5.41 Å². The predicted octanol–water partition coefficient (Wildman–Crippen LogP) is 1.90. The summed E-state index contributed by atoms with van der Waals surface area (Å²) >= 11 is 0. The lowest BCUT2D eigenvalue weighted by molar-refractivity contribution is 0.135. The lowest BCUT2D eigenvalue weighted by atomic mass is 9.81. The maximum Gasteiger partial charge on any atom is 0.234 e. The van der Waals surface area contributed by atoms with Crippen molar-refractivity contribution in [3.05, 3.63) is 24.2 Å². The van der Waals surface area contributed by atoms with Gasteiger partial charge in [0.2, 0.25) is 11.7 Å². The van der Waals surface area contributed by atoms with Crippen LogP contribution in [0, 0.1) is 0 Å². The fraction of sp³-hybridized carbons (Fsp3) is 0.571. The molecule has 0 bridgehead atoms. The lowest BCUT2D eigenvalue weighted by Gasteiger charge is -2.37. The quantitative estimate of drug-likeness (QED) is 0.850. The Bertz CT molecular complexity index is 570. The van der Waals surface area contributed by atoms with Gasteiger partial charge in [0.15, 0.2) is 0 Å². The van der Waals surface area contributed by atoms with Gasteiger partial charge in [-0.3, -0.25) is 0 Å². The van der Waals surface area contributed by atoms with Crippen molar-refractivity contribution in [2.24, 2.45) is 0 Å². The number of hydrogen-bond acceptors (Lipinski definition) is 6. The summed E-state index contributed by atoms with van der Waals surface area (Å²) in [6.07, 6.45) is 3.87. The van der Waals surface area contributed by atoms with Crippen LogP contribution in [-0.2, 0) is 5.41 Å². The summed E-state index contributed by atoms with van der Waals surface area (Å²) in [5, 5.41) is 11.9. The molecule has 1 aliphatic rings. The Hall–Kier alpha value is -1.82.